The highest BCUT2D eigenvalue weighted by molar-refractivity contribution is 7.98. The zero-order valence-electron chi connectivity index (χ0n) is 14.5. The average Bonchev–Trinajstić information content (AvgIpc) is 3.37. The third-order valence-electron chi connectivity index (χ3n) is 5.15. The van der Waals surface area contributed by atoms with Gasteiger partial charge in [-0.2, -0.15) is 5.10 Å². The fourth-order valence-corrected chi connectivity index (χ4v) is 4.46. The zero-order chi connectivity index (χ0) is 17.8. The van der Waals surface area contributed by atoms with Crippen LogP contribution in [0.1, 0.15) is 48.4 Å². The maximum atomic E-state index is 12.4. The minimum absolute atomic E-state index is 0.167. The van der Waals surface area contributed by atoms with Crippen LogP contribution in [0.5, 0.6) is 0 Å². The number of hydrogen-bond donors (Lipinski definition) is 4. The molecule has 1 saturated carbocycles. The number of aromatic nitrogens is 3. The minimum Gasteiger partial charge on any atom is -0.455 e. The van der Waals surface area contributed by atoms with Gasteiger partial charge in [0.2, 0.25) is 0 Å². The summed E-state index contributed by atoms with van der Waals surface area (Å²) in [6.45, 7) is 0.607. The van der Waals surface area contributed by atoms with Crippen LogP contribution in [0.4, 0.5) is 0 Å². The minimum atomic E-state index is -0.167. The van der Waals surface area contributed by atoms with Gasteiger partial charge in [-0.05, 0) is 30.9 Å². The number of H-pyrrole nitrogens is 1. The van der Waals surface area contributed by atoms with Crippen molar-refractivity contribution in [2.45, 2.75) is 55.1 Å². The third kappa shape index (κ3) is 4.11. The van der Waals surface area contributed by atoms with Crippen molar-refractivity contribution >= 4 is 17.7 Å². The smallest absolute Gasteiger partial charge is 0.287 e. The molecule has 2 aromatic heterocycles. The van der Waals surface area contributed by atoms with E-state index in [2.05, 4.69) is 31.3 Å². The van der Waals surface area contributed by atoms with Gasteiger partial charge in [-0.3, -0.25) is 20.7 Å². The van der Waals surface area contributed by atoms with Crippen LogP contribution in [0.3, 0.4) is 0 Å². The van der Waals surface area contributed by atoms with Gasteiger partial charge in [0, 0.05) is 18.6 Å². The lowest BCUT2D eigenvalue weighted by molar-refractivity contribution is 0.0918. The second kappa shape index (κ2) is 8.24. The van der Waals surface area contributed by atoms with Crippen LogP contribution in [0, 0.1) is 5.92 Å². The lowest BCUT2D eigenvalue weighted by Crippen LogP contribution is -2.42. The first-order chi connectivity index (χ1) is 12.8. The van der Waals surface area contributed by atoms with E-state index in [9.17, 15) is 4.79 Å². The standard InChI is InChI=1S/C17H24N6O2S/c24-16(15-7-6-11(25-15)9-26-17-19-10-20-23-17)18-8-14-12-4-2-1-3-5-13(12)21-22-14/h6-7,10,12-14,21-22H,1-5,8-9H2,(H,18,24)(H,19,20,23). The van der Waals surface area contributed by atoms with E-state index in [1.807, 2.05) is 6.07 Å². The number of nitrogens with zero attached hydrogens (tertiary/aromatic N) is 2. The molecule has 26 heavy (non-hydrogen) atoms. The molecule has 3 unspecified atom stereocenters. The highest BCUT2D eigenvalue weighted by atomic mass is 32.2. The molecule has 4 N–H and O–H groups in total. The van der Waals surface area contributed by atoms with E-state index in [0.29, 0.717) is 30.0 Å². The molecule has 140 valence electrons. The topological polar surface area (TPSA) is 108 Å². The Balaban J connectivity index is 1.27. The van der Waals surface area contributed by atoms with Gasteiger partial charge in [0.1, 0.15) is 12.1 Å². The van der Waals surface area contributed by atoms with Crippen molar-refractivity contribution < 1.29 is 9.21 Å². The van der Waals surface area contributed by atoms with Crippen molar-refractivity contribution in [1.29, 1.82) is 0 Å². The van der Waals surface area contributed by atoms with E-state index in [0.717, 1.165) is 10.9 Å². The Hall–Kier alpha value is -1.84. The van der Waals surface area contributed by atoms with E-state index >= 15 is 0 Å². The molecular weight excluding hydrogens is 352 g/mol. The Labute approximate surface area is 156 Å². The van der Waals surface area contributed by atoms with Crippen LogP contribution in [-0.2, 0) is 5.75 Å². The van der Waals surface area contributed by atoms with Crippen LogP contribution in [-0.4, -0.2) is 39.7 Å². The van der Waals surface area contributed by atoms with E-state index in [-0.39, 0.29) is 11.9 Å². The number of hydrazine groups is 1. The summed E-state index contributed by atoms with van der Waals surface area (Å²) < 4.78 is 5.65. The molecular formula is C17H24N6O2S. The Bertz CT molecular complexity index is 719. The average molecular weight is 376 g/mol. The molecule has 2 fully saturated rings. The first-order valence-electron chi connectivity index (χ1n) is 9.16. The molecule has 4 rings (SSSR count). The summed E-state index contributed by atoms with van der Waals surface area (Å²) in [6.07, 6.45) is 7.78. The first kappa shape index (κ1) is 17.6. The van der Waals surface area contributed by atoms with Crippen LogP contribution in [0.2, 0.25) is 0 Å². The highest BCUT2D eigenvalue weighted by Crippen LogP contribution is 2.28. The molecule has 1 saturated heterocycles. The number of amides is 1. The summed E-state index contributed by atoms with van der Waals surface area (Å²) in [4.78, 5) is 16.4. The Morgan fingerprint density at radius 3 is 3.08 bits per heavy atom. The molecule has 8 nitrogen and oxygen atoms in total. The predicted octanol–water partition coefficient (Wildman–Crippen LogP) is 1.85. The number of hydrogen-bond acceptors (Lipinski definition) is 7. The van der Waals surface area contributed by atoms with Gasteiger partial charge in [0.15, 0.2) is 10.9 Å². The summed E-state index contributed by atoms with van der Waals surface area (Å²) in [5.41, 5.74) is 6.76. The molecule has 1 aliphatic heterocycles. The number of carbonyl (C=O) groups is 1. The Morgan fingerprint density at radius 1 is 1.27 bits per heavy atom. The Kier molecular flexibility index (Phi) is 5.57. The fraction of sp³-hybridized carbons (Fsp3) is 0.588. The van der Waals surface area contributed by atoms with E-state index in [1.54, 1.807) is 6.07 Å². The maximum absolute atomic E-state index is 12.4. The number of thioether (sulfide) groups is 1. The maximum Gasteiger partial charge on any atom is 0.287 e. The molecule has 1 aliphatic carbocycles. The monoisotopic (exact) mass is 376 g/mol. The van der Waals surface area contributed by atoms with Crippen LogP contribution < -0.4 is 16.2 Å². The number of aromatic amines is 1. The molecule has 1 amide bonds. The van der Waals surface area contributed by atoms with Crippen molar-refractivity contribution in [2.24, 2.45) is 5.92 Å². The van der Waals surface area contributed by atoms with Crippen LogP contribution >= 0.6 is 11.8 Å². The summed E-state index contributed by atoms with van der Waals surface area (Å²) in [5, 5.41) is 10.3. The number of nitrogens with one attached hydrogen (secondary N) is 4. The van der Waals surface area contributed by atoms with Crippen molar-refractivity contribution in [1.82, 2.24) is 31.3 Å². The van der Waals surface area contributed by atoms with Crippen LogP contribution in [0.15, 0.2) is 28.0 Å². The van der Waals surface area contributed by atoms with Crippen molar-refractivity contribution in [3.63, 3.8) is 0 Å². The lowest BCUT2D eigenvalue weighted by Gasteiger charge is -2.20. The summed E-state index contributed by atoms with van der Waals surface area (Å²) in [5.74, 6) is 2.10. The van der Waals surface area contributed by atoms with Gasteiger partial charge in [-0.15, -0.1) is 0 Å². The van der Waals surface area contributed by atoms with Gasteiger partial charge in [-0.1, -0.05) is 31.0 Å². The molecule has 0 bridgehead atoms. The molecule has 2 aliphatic rings. The van der Waals surface area contributed by atoms with Crippen molar-refractivity contribution in [2.75, 3.05) is 6.54 Å². The lowest BCUT2D eigenvalue weighted by atomic mass is 9.90. The second-order valence-electron chi connectivity index (χ2n) is 6.86. The molecule has 0 spiro atoms. The molecule has 0 radical (unpaired) electrons. The second-order valence-corrected chi connectivity index (χ2v) is 7.82. The highest BCUT2D eigenvalue weighted by Gasteiger charge is 2.36. The Morgan fingerprint density at radius 2 is 2.19 bits per heavy atom. The summed E-state index contributed by atoms with van der Waals surface area (Å²) in [7, 11) is 0. The van der Waals surface area contributed by atoms with Crippen molar-refractivity contribution in [3.05, 3.63) is 30.0 Å². The number of rotatable bonds is 6. The third-order valence-corrected chi connectivity index (χ3v) is 6.05. The van der Waals surface area contributed by atoms with Gasteiger partial charge in [0.05, 0.1) is 5.75 Å². The van der Waals surface area contributed by atoms with Gasteiger partial charge in [-0.25, -0.2) is 4.98 Å². The fourth-order valence-electron chi connectivity index (χ4n) is 3.79. The number of fused-ring (bicyclic) bond motifs is 1. The zero-order valence-corrected chi connectivity index (χ0v) is 15.3. The van der Waals surface area contributed by atoms with Crippen LogP contribution in [0.25, 0.3) is 0 Å². The quantitative estimate of drug-likeness (QED) is 0.570. The van der Waals surface area contributed by atoms with E-state index in [4.69, 9.17) is 4.42 Å². The summed E-state index contributed by atoms with van der Waals surface area (Å²) in [6, 6.07) is 4.36. The molecule has 0 aromatic carbocycles. The van der Waals surface area contributed by atoms with Gasteiger partial charge >= 0.3 is 0 Å². The van der Waals surface area contributed by atoms with Crippen molar-refractivity contribution in [3.8, 4) is 0 Å². The molecule has 9 heteroatoms. The van der Waals surface area contributed by atoms with Gasteiger partial charge < -0.3 is 9.73 Å². The van der Waals surface area contributed by atoms with Gasteiger partial charge in [0.25, 0.3) is 5.91 Å². The van der Waals surface area contributed by atoms with E-state index in [1.165, 1.54) is 50.2 Å². The molecule has 2 aromatic rings. The first-order valence-corrected chi connectivity index (χ1v) is 10.1. The largest absolute Gasteiger partial charge is 0.455 e. The molecule has 3 heterocycles. The number of carbonyl (C=O) groups excluding carboxylic acids is 1. The SMILES string of the molecule is O=C(NCC1NNC2CCCCCC21)c1ccc(CSc2ncn[nH]2)o1. The van der Waals surface area contributed by atoms with E-state index < -0.39 is 0 Å². The predicted molar refractivity (Wildman–Crippen MR) is 97.4 cm³/mol. The molecule has 3 atom stereocenters. The summed E-state index contributed by atoms with van der Waals surface area (Å²) >= 11 is 1.48. The normalized spacial score (nSPS) is 25.6. The number of furan rings is 1.